The summed E-state index contributed by atoms with van der Waals surface area (Å²) in [7, 11) is 0. The lowest BCUT2D eigenvalue weighted by atomic mass is 9.78. The standard InChI is InChI=1S/C19H30N2O2/c22-18(20-16-11-13-7-8-15(16)10-13)12-19(23)21-9-3-5-14-4-1-2-6-17(14)21/h13-17H,1-12H2,(H,20,22). The molecular weight excluding hydrogens is 288 g/mol. The van der Waals surface area contributed by atoms with Crippen molar-refractivity contribution < 1.29 is 9.59 Å². The zero-order valence-corrected chi connectivity index (χ0v) is 14.1. The van der Waals surface area contributed by atoms with E-state index in [-0.39, 0.29) is 18.2 Å². The van der Waals surface area contributed by atoms with Crippen LogP contribution in [-0.4, -0.2) is 35.3 Å². The molecule has 4 rings (SSSR count). The SMILES string of the molecule is O=C(CC(=O)N1CCCC2CCCCC21)NC1CC2CCC1C2. The molecule has 0 aromatic rings. The lowest BCUT2D eigenvalue weighted by molar-refractivity contribution is -0.141. The summed E-state index contributed by atoms with van der Waals surface area (Å²) in [5.74, 6) is 2.23. The summed E-state index contributed by atoms with van der Waals surface area (Å²) < 4.78 is 0. The van der Waals surface area contributed by atoms with Gasteiger partial charge in [0, 0.05) is 18.6 Å². The largest absolute Gasteiger partial charge is 0.353 e. The summed E-state index contributed by atoms with van der Waals surface area (Å²) in [5.41, 5.74) is 0. The van der Waals surface area contributed by atoms with Crippen LogP contribution in [0.25, 0.3) is 0 Å². The maximum atomic E-state index is 12.7. The van der Waals surface area contributed by atoms with Crippen molar-refractivity contribution in [1.82, 2.24) is 10.2 Å². The van der Waals surface area contributed by atoms with Gasteiger partial charge in [-0.2, -0.15) is 0 Å². The number of nitrogens with one attached hydrogen (secondary N) is 1. The second-order valence-electron chi connectivity index (χ2n) is 8.37. The highest BCUT2D eigenvalue weighted by Crippen LogP contribution is 2.44. The summed E-state index contributed by atoms with van der Waals surface area (Å²) in [6.45, 7) is 0.863. The fourth-order valence-corrected chi connectivity index (χ4v) is 5.85. The first-order chi connectivity index (χ1) is 11.2. The second-order valence-corrected chi connectivity index (χ2v) is 8.37. The van der Waals surface area contributed by atoms with Gasteiger partial charge in [-0.15, -0.1) is 0 Å². The van der Waals surface area contributed by atoms with Gasteiger partial charge in [0.2, 0.25) is 11.8 Å². The highest BCUT2D eigenvalue weighted by atomic mass is 16.2. The number of carbonyl (C=O) groups is 2. The van der Waals surface area contributed by atoms with Crippen molar-refractivity contribution in [3.63, 3.8) is 0 Å². The molecule has 23 heavy (non-hydrogen) atoms. The first-order valence-electron chi connectivity index (χ1n) is 9.79. The number of hydrogen-bond acceptors (Lipinski definition) is 2. The minimum Gasteiger partial charge on any atom is -0.353 e. The van der Waals surface area contributed by atoms with Gasteiger partial charge in [-0.1, -0.05) is 19.3 Å². The third-order valence-corrected chi connectivity index (χ3v) is 6.96. The molecule has 4 aliphatic rings. The van der Waals surface area contributed by atoms with E-state index in [1.807, 2.05) is 4.90 Å². The Balaban J connectivity index is 1.31. The summed E-state index contributed by atoms with van der Waals surface area (Å²) in [4.78, 5) is 27.0. The van der Waals surface area contributed by atoms with E-state index in [2.05, 4.69) is 5.32 Å². The van der Waals surface area contributed by atoms with Crippen molar-refractivity contribution in [3.8, 4) is 0 Å². The highest BCUT2D eigenvalue weighted by molar-refractivity contribution is 5.97. The molecular formula is C19H30N2O2. The fraction of sp³-hybridized carbons (Fsp3) is 0.895. The van der Waals surface area contributed by atoms with E-state index in [0.717, 1.165) is 31.7 Å². The van der Waals surface area contributed by atoms with Crippen molar-refractivity contribution in [2.75, 3.05) is 6.54 Å². The lowest BCUT2D eigenvalue weighted by Gasteiger charge is -2.44. The summed E-state index contributed by atoms with van der Waals surface area (Å²) in [6.07, 6.45) is 12.4. The van der Waals surface area contributed by atoms with Crippen molar-refractivity contribution in [2.45, 2.75) is 82.7 Å². The Hall–Kier alpha value is -1.06. The van der Waals surface area contributed by atoms with Gasteiger partial charge in [-0.25, -0.2) is 0 Å². The fourth-order valence-electron chi connectivity index (χ4n) is 5.85. The first kappa shape index (κ1) is 15.5. The van der Waals surface area contributed by atoms with E-state index in [9.17, 15) is 9.59 Å². The molecule has 0 aromatic carbocycles. The predicted octanol–water partition coefficient (Wildman–Crippen LogP) is 2.86. The maximum absolute atomic E-state index is 12.7. The number of likely N-dealkylation sites (tertiary alicyclic amines) is 1. The smallest absolute Gasteiger partial charge is 0.232 e. The van der Waals surface area contributed by atoms with Crippen LogP contribution in [-0.2, 0) is 9.59 Å². The molecule has 0 spiro atoms. The lowest BCUT2D eigenvalue weighted by Crippen LogP contribution is -2.51. The van der Waals surface area contributed by atoms with Gasteiger partial charge in [0.25, 0.3) is 0 Å². The molecule has 1 heterocycles. The molecule has 5 atom stereocenters. The van der Waals surface area contributed by atoms with E-state index in [1.165, 1.54) is 44.9 Å². The number of nitrogens with zero attached hydrogens (tertiary/aromatic N) is 1. The van der Waals surface area contributed by atoms with Crippen LogP contribution in [0, 0.1) is 17.8 Å². The van der Waals surface area contributed by atoms with E-state index >= 15 is 0 Å². The Kier molecular flexibility index (Phi) is 4.33. The number of piperidine rings is 1. The molecule has 1 aliphatic heterocycles. The van der Waals surface area contributed by atoms with Gasteiger partial charge in [-0.05, 0) is 62.7 Å². The second kappa shape index (κ2) is 6.45. The third kappa shape index (κ3) is 3.14. The number of rotatable bonds is 3. The van der Waals surface area contributed by atoms with E-state index in [0.29, 0.717) is 23.9 Å². The van der Waals surface area contributed by atoms with Crippen LogP contribution in [0.4, 0.5) is 0 Å². The molecule has 0 radical (unpaired) electrons. The Morgan fingerprint density at radius 3 is 2.52 bits per heavy atom. The minimum absolute atomic E-state index is 0.0366. The van der Waals surface area contributed by atoms with Gasteiger partial charge in [-0.3, -0.25) is 9.59 Å². The Bertz CT molecular complexity index is 476. The predicted molar refractivity (Wildman–Crippen MR) is 88.7 cm³/mol. The van der Waals surface area contributed by atoms with Crippen molar-refractivity contribution in [1.29, 1.82) is 0 Å². The van der Waals surface area contributed by atoms with Gasteiger partial charge in [0.1, 0.15) is 6.42 Å². The quantitative estimate of drug-likeness (QED) is 0.814. The average molecular weight is 318 g/mol. The zero-order valence-electron chi connectivity index (χ0n) is 14.1. The molecule has 2 amide bonds. The monoisotopic (exact) mass is 318 g/mol. The molecule has 4 heteroatoms. The van der Waals surface area contributed by atoms with Crippen LogP contribution in [0.5, 0.6) is 0 Å². The van der Waals surface area contributed by atoms with E-state index in [1.54, 1.807) is 0 Å². The molecule has 1 N–H and O–H groups in total. The van der Waals surface area contributed by atoms with Crippen LogP contribution in [0.1, 0.15) is 70.6 Å². The molecule has 2 bridgehead atoms. The summed E-state index contributed by atoms with van der Waals surface area (Å²) in [6, 6.07) is 0.762. The van der Waals surface area contributed by atoms with Crippen LogP contribution in [0.15, 0.2) is 0 Å². The molecule has 3 saturated carbocycles. The number of amides is 2. The molecule has 5 unspecified atom stereocenters. The topological polar surface area (TPSA) is 49.4 Å². The molecule has 0 aromatic heterocycles. The highest BCUT2D eigenvalue weighted by Gasteiger charge is 2.41. The third-order valence-electron chi connectivity index (χ3n) is 6.96. The summed E-state index contributed by atoms with van der Waals surface area (Å²) >= 11 is 0. The number of fused-ring (bicyclic) bond motifs is 3. The van der Waals surface area contributed by atoms with Crippen molar-refractivity contribution >= 4 is 11.8 Å². The van der Waals surface area contributed by atoms with E-state index < -0.39 is 0 Å². The van der Waals surface area contributed by atoms with Crippen LogP contribution in [0.2, 0.25) is 0 Å². The zero-order chi connectivity index (χ0) is 15.8. The Labute approximate surface area is 139 Å². The molecule has 128 valence electrons. The van der Waals surface area contributed by atoms with Gasteiger partial charge in [0.05, 0.1) is 0 Å². The molecule has 1 saturated heterocycles. The van der Waals surface area contributed by atoms with Crippen molar-refractivity contribution in [2.24, 2.45) is 17.8 Å². The van der Waals surface area contributed by atoms with Gasteiger partial charge < -0.3 is 10.2 Å². The van der Waals surface area contributed by atoms with Crippen LogP contribution < -0.4 is 5.32 Å². The Morgan fingerprint density at radius 2 is 1.74 bits per heavy atom. The summed E-state index contributed by atoms with van der Waals surface area (Å²) in [5, 5.41) is 3.17. The van der Waals surface area contributed by atoms with Crippen LogP contribution in [0.3, 0.4) is 0 Å². The first-order valence-corrected chi connectivity index (χ1v) is 9.79. The molecule has 3 aliphatic carbocycles. The molecule has 4 fully saturated rings. The van der Waals surface area contributed by atoms with Gasteiger partial charge in [0.15, 0.2) is 0 Å². The Morgan fingerprint density at radius 1 is 0.913 bits per heavy atom. The number of carbonyl (C=O) groups excluding carboxylic acids is 2. The normalized spacial score (nSPS) is 39.1. The molecule has 4 nitrogen and oxygen atoms in total. The average Bonchev–Trinajstić information content (AvgIpc) is 3.17. The minimum atomic E-state index is -0.0366. The van der Waals surface area contributed by atoms with E-state index in [4.69, 9.17) is 0 Å². The van der Waals surface area contributed by atoms with Crippen molar-refractivity contribution in [3.05, 3.63) is 0 Å². The number of hydrogen-bond donors (Lipinski definition) is 1. The maximum Gasteiger partial charge on any atom is 0.232 e. The van der Waals surface area contributed by atoms with Gasteiger partial charge >= 0.3 is 0 Å². The van der Waals surface area contributed by atoms with Crippen LogP contribution >= 0.6 is 0 Å².